The molecule has 17 heavy (non-hydrogen) atoms. The number of Topliss-reactive ketones (excluding diaryl/α,β-unsaturated/α-hetero) is 1. The van der Waals surface area contributed by atoms with Crippen molar-refractivity contribution in [3.05, 3.63) is 22.4 Å². The van der Waals surface area contributed by atoms with Crippen LogP contribution in [0.15, 0.2) is 17.5 Å². The highest BCUT2D eigenvalue weighted by atomic mass is 32.1. The van der Waals surface area contributed by atoms with E-state index in [0.29, 0.717) is 18.1 Å². The van der Waals surface area contributed by atoms with Crippen LogP contribution >= 0.6 is 11.3 Å². The minimum Gasteiger partial charge on any atom is -0.299 e. The molecule has 1 fully saturated rings. The first kappa shape index (κ1) is 12.8. The molecule has 0 N–H and O–H groups in total. The molecule has 1 nitrogen and oxygen atoms in total. The summed E-state index contributed by atoms with van der Waals surface area (Å²) in [5.41, 5.74) is 0. The minimum atomic E-state index is 0.340. The number of ketones is 1. The number of thiophene rings is 1. The third-order valence-electron chi connectivity index (χ3n) is 4.10. The van der Waals surface area contributed by atoms with E-state index >= 15 is 0 Å². The minimum absolute atomic E-state index is 0.340. The lowest BCUT2D eigenvalue weighted by atomic mass is 9.75. The second kappa shape index (κ2) is 5.81. The van der Waals surface area contributed by atoms with Gasteiger partial charge in [-0.2, -0.15) is 0 Å². The van der Waals surface area contributed by atoms with E-state index < -0.39 is 0 Å². The summed E-state index contributed by atoms with van der Waals surface area (Å²) in [6, 6.07) is 4.10. The van der Waals surface area contributed by atoms with Gasteiger partial charge in [-0.05, 0) is 49.0 Å². The Bertz CT molecular complexity index is 345. The first-order valence-electron chi connectivity index (χ1n) is 6.72. The zero-order chi connectivity index (χ0) is 12.3. The highest BCUT2D eigenvalue weighted by Crippen LogP contribution is 2.34. The van der Waals surface area contributed by atoms with Gasteiger partial charge < -0.3 is 0 Å². The standard InChI is InChI=1S/C15H22OS/c1-11(2)12-5-7-13(8-6-12)15(16)10-14-4-3-9-17-14/h3-4,9,11-13H,5-8,10H2,1-2H3. The van der Waals surface area contributed by atoms with Gasteiger partial charge in [-0.3, -0.25) is 4.79 Å². The zero-order valence-electron chi connectivity index (χ0n) is 10.8. The van der Waals surface area contributed by atoms with Crippen molar-refractivity contribution in [2.45, 2.75) is 46.0 Å². The fraction of sp³-hybridized carbons (Fsp3) is 0.667. The SMILES string of the molecule is CC(C)C1CCC(C(=O)Cc2cccs2)CC1. The van der Waals surface area contributed by atoms with Gasteiger partial charge in [0.05, 0.1) is 0 Å². The summed E-state index contributed by atoms with van der Waals surface area (Å²) < 4.78 is 0. The number of carbonyl (C=O) groups is 1. The summed E-state index contributed by atoms with van der Waals surface area (Å²) in [4.78, 5) is 13.4. The Morgan fingerprint density at radius 2 is 2.06 bits per heavy atom. The number of hydrogen-bond acceptors (Lipinski definition) is 2. The molecule has 94 valence electrons. The molecule has 0 aromatic carbocycles. The summed E-state index contributed by atoms with van der Waals surface area (Å²) in [5, 5.41) is 2.05. The summed E-state index contributed by atoms with van der Waals surface area (Å²) in [7, 11) is 0. The van der Waals surface area contributed by atoms with Crippen molar-refractivity contribution in [2.24, 2.45) is 17.8 Å². The average Bonchev–Trinajstić information content (AvgIpc) is 2.82. The van der Waals surface area contributed by atoms with Crippen LogP contribution in [0.3, 0.4) is 0 Å². The maximum Gasteiger partial charge on any atom is 0.141 e. The molecule has 1 heterocycles. The van der Waals surface area contributed by atoms with Crippen LogP contribution in [0, 0.1) is 17.8 Å². The number of carbonyl (C=O) groups excluding carboxylic acids is 1. The third-order valence-corrected chi connectivity index (χ3v) is 4.97. The van der Waals surface area contributed by atoms with Crippen molar-refractivity contribution in [1.29, 1.82) is 0 Å². The van der Waals surface area contributed by atoms with E-state index in [2.05, 4.69) is 25.3 Å². The van der Waals surface area contributed by atoms with E-state index in [1.54, 1.807) is 11.3 Å². The van der Waals surface area contributed by atoms with Gasteiger partial charge in [0, 0.05) is 17.2 Å². The monoisotopic (exact) mass is 250 g/mol. The van der Waals surface area contributed by atoms with Crippen LogP contribution in [0.1, 0.15) is 44.4 Å². The van der Waals surface area contributed by atoms with Crippen LogP contribution in [0.5, 0.6) is 0 Å². The molecule has 0 bridgehead atoms. The van der Waals surface area contributed by atoms with Crippen molar-refractivity contribution in [3.8, 4) is 0 Å². The molecular formula is C15H22OS. The van der Waals surface area contributed by atoms with Crippen molar-refractivity contribution in [1.82, 2.24) is 0 Å². The van der Waals surface area contributed by atoms with Crippen LogP contribution in [0.25, 0.3) is 0 Å². The van der Waals surface area contributed by atoms with Gasteiger partial charge in [0.15, 0.2) is 0 Å². The molecule has 1 saturated carbocycles. The number of hydrogen-bond donors (Lipinski definition) is 0. The first-order chi connectivity index (χ1) is 8.16. The molecule has 0 radical (unpaired) electrons. The zero-order valence-corrected chi connectivity index (χ0v) is 11.6. The second-order valence-corrected chi connectivity index (χ2v) is 6.61. The second-order valence-electron chi connectivity index (χ2n) is 5.58. The van der Waals surface area contributed by atoms with Crippen molar-refractivity contribution < 1.29 is 4.79 Å². The fourth-order valence-electron chi connectivity index (χ4n) is 2.84. The largest absolute Gasteiger partial charge is 0.299 e. The molecule has 2 heteroatoms. The highest BCUT2D eigenvalue weighted by Gasteiger charge is 2.27. The molecule has 1 aromatic rings. The summed E-state index contributed by atoms with van der Waals surface area (Å²) in [6.07, 6.45) is 5.39. The molecular weight excluding hydrogens is 228 g/mol. The third kappa shape index (κ3) is 3.41. The summed E-state index contributed by atoms with van der Waals surface area (Å²) >= 11 is 1.70. The lowest BCUT2D eigenvalue weighted by molar-refractivity contribution is -0.123. The summed E-state index contributed by atoms with van der Waals surface area (Å²) in [6.45, 7) is 4.61. The Hall–Kier alpha value is -0.630. The van der Waals surface area contributed by atoms with Gasteiger partial charge in [0.2, 0.25) is 0 Å². The predicted molar refractivity (Wildman–Crippen MR) is 73.3 cm³/mol. The highest BCUT2D eigenvalue weighted by molar-refractivity contribution is 7.10. The smallest absolute Gasteiger partial charge is 0.141 e. The fourth-order valence-corrected chi connectivity index (χ4v) is 3.55. The summed E-state index contributed by atoms with van der Waals surface area (Å²) in [5.74, 6) is 2.44. The van der Waals surface area contributed by atoms with Gasteiger partial charge in [0.1, 0.15) is 5.78 Å². The van der Waals surface area contributed by atoms with E-state index in [9.17, 15) is 4.79 Å². The van der Waals surface area contributed by atoms with Crippen molar-refractivity contribution >= 4 is 17.1 Å². The molecule has 0 spiro atoms. The lowest BCUT2D eigenvalue weighted by Crippen LogP contribution is -2.25. The molecule has 2 rings (SSSR count). The normalized spacial score (nSPS) is 25.1. The Balaban J connectivity index is 1.82. The van der Waals surface area contributed by atoms with Gasteiger partial charge in [-0.25, -0.2) is 0 Å². The molecule has 0 atom stereocenters. The van der Waals surface area contributed by atoms with Gasteiger partial charge in [-0.1, -0.05) is 19.9 Å². The average molecular weight is 250 g/mol. The molecule has 0 aliphatic heterocycles. The van der Waals surface area contributed by atoms with Crippen LogP contribution in [-0.4, -0.2) is 5.78 Å². The molecule has 1 aliphatic carbocycles. The van der Waals surface area contributed by atoms with Gasteiger partial charge in [0.25, 0.3) is 0 Å². The first-order valence-corrected chi connectivity index (χ1v) is 7.60. The van der Waals surface area contributed by atoms with Crippen molar-refractivity contribution in [3.63, 3.8) is 0 Å². The van der Waals surface area contributed by atoms with E-state index in [-0.39, 0.29) is 0 Å². The predicted octanol–water partition coefficient (Wildman–Crippen LogP) is 4.32. The molecule has 1 aromatic heterocycles. The van der Waals surface area contributed by atoms with E-state index in [4.69, 9.17) is 0 Å². The quantitative estimate of drug-likeness (QED) is 0.777. The van der Waals surface area contributed by atoms with Gasteiger partial charge in [-0.15, -0.1) is 11.3 Å². The Morgan fingerprint density at radius 3 is 2.59 bits per heavy atom. The molecule has 0 saturated heterocycles. The molecule has 0 amide bonds. The Labute approximate surface area is 108 Å². The topological polar surface area (TPSA) is 17.1 Å². The maximum atomic E-state index is 12.1. The number of rotatable bonds is 4. The molecule has 0 unspecified atom stereocenters. The van der Waals surface area contributed by atoms with E-state index in [0.717, 1.165) is 24.7 Å². The van der Waals surface area contributed by atoms with E-state index in [1.807, 2.05) is 6.07 Å². The van der Waals surface area contributed by atoms with E-state index in [1.165, 1.54) is 17.7 Å². The molecule has 1 aliphatic rings. The maximum absolute atomic E-state index is 12.1. The van der Waals surface area contributed by atoms with Crippen LogP contribution < -0.4 is 0 Å². The van der Waals surface area contributed by atoms with Gasteiger partial charge >= 0.3 is 0 Å². The Morgan fingerprint density at radius 1 is 1.35 bits per heavy atom. The van der Waals surface area contributed by atoms with Crippen LogP contribution in [0.2, 0.25) is 0 Å². The van der Waals surface area contributed by atoms with Crippen molar-refractivity contribution in [2.75, 3.05) is 0 Å². The Kier molecular flexibility index (Phi) is 4.38. The lowest BCUT2D eigenvalue weighted by Gasteiger charge is -2.30. The van der Waals surface area contributed by atoms with Crippen LogP contribution in [-0.2, 0) is 11.2 Å². The van der Waals surface area contributed by atoms with Crippen LogP contribution in [0.4, 0.5) is 0 Å².